The molecule has 3 rings (SSSR count). The SMILES string of the molecule is CCCC(O[SiH](c1ccccc1)c1ccccc1)c1ccccc1. The van der Waals surface area contributed by atoms with Gasteiger partial charge in [-0.25, -0.2) is 0 Å². The van der Waals surface area contributed by atoms with E-state index >= 15 is 0 Å². The molecule has 122 valence electrons. The highest BCUT2D eigenvalue weighted by Gasteiger charge is 2.22. The lowest BCUT2D eigenvalue weighted by Crippen LogP contribution is -2.45. The summed E-state index contributed by atoms with van der Waals surface area (Å²) in [5, 5.41) is 2.67. The van der Waals surface area contributed by atoms with Crippen LogP contribution in [0.5, 0.6) is 0 Å². The average molecular weight is 333 g/mol. The molecule has 0 aliphatic rings. The van der Waals surface area contributed by atoms with Crippen LogP contribution in [0.15, 0.2) is 91.0 Å². The van der Waals surface area contributed by atoms with Crippen LogP contribution in [0.3, 0.4) is 0 Å². The highest BCUT2D eigenvalue weighted by Crippen LogP contribution is 2.23. The molecular weight excluding hydrogens is 308 g/mol. The second-order valence-electron chi connectivity index (χ2n) is 6.03. The first-order valence-corrected chi connectivity index (χ1v) is 10.3. The molecule has 24 heavy (non-hydrogen) atoms. The number of rotatable bonds is 7. The lowest BCUT2D eigenvalue weighted by molar-refractivity contribution is 0.201. The normalized spacial score (nSPS) is 12.2. The van der Waals surface area contributed by atoms with E-state index in [1.54, 1.807) is 0 Å². The zero-order chi connectivity index (χ0) is 16.6. The quantitative estimate of drug-likeness (QED) is 0.592. The van der Waals surface area contributed by atoms with E-state index in [0.29, 0.717) is 0 Å². The van der Waals surface area contributed by atoms with Crippen LogP contribution in [-0.4, -0.2) is 9.04 Å². The molecule has 0 radical (unpaired) electrons. The third-order valence-corrected chi connectivity index (χ3v) is 6.81. The molecule has 0 saturated heterocycles. The largest absolute Gasteiger partial charge is 0.404 e. The molecule has 0 aliphatic heterocycles. The molecule has 2 heteroatoms. The van der Waals surface area contributed by atoms with E-state index in [-0.39, 0.29) is 6.10 Å². The van der Waals surface area contributed by atoms with Crippen molar-refractivity contribution in [2.24, 2.45) is 0 Å². The molecule has 0 N–H and O–H groups in total. The Kier molecular flexibility index (Phi) is 5.99. The molecular formula is C22H24OSi. The van der Waals surface area contributed by atoms with Crippen molar-refractivity contribution in [2.45, 2.75) is 25.9 Å². The molecule has 0 fully saturated rings. The van der Waals surface area contributed by atoms with Crippen molar-refractivity contribution in [2.75, 3.05) is 0 Å². The molecule has 0 aliphatic carbocycles. The Balaban J connectivity index is 1.93. The lowest BCUT2D eigenvalue weighted by Gasteiger charge is -2.25. The van der Waals surface area contributed by atoms with E-state index in [0.717, 1.165) is 12.8 Å². The molecule has 0 heterocycles. The molecule has 0 aromatic heterocycles. The van der Waals surface area contributed by atoms with E-state index in [1.807, 2.05) is 0 Å². The van der Waals surface area contributed by atoms with Crippen LogP contribution in [0.25, 0.3) is 0 Å². The van der Waals surface area contributed by atoms with E-state index in [2.05, 4.69) is 97.9 Å². The third-order valence-electron chi connectivity index (χ3n) is 4.23. The standard InChI is InChI=1S/C22H24OSi/c1-2-12-22(19-13-6-3-7-14-19)23-24(20-15-8-4-9-16-20)21-17-10-5-11-18-21/h3-11,13-18,22,24H,2,12H2,1H3. The summed E-state index contributed by atoms with van der Waals surface area (Å²) >= 11 is 0. The maximum atomic E-state index is 6.79. The van der Waals surface area contributed by atoms with Crippen LogP contribution in [0.1, 0.15) is 31.4 Å². The first kappa shape index (κ1) is 16.7. The number of hydrogen-bond acceptors (Lipinski definition) is 1. The molecule has 3 aromatic rings. The fraction of sp³-hybridized carbons (Fsp3) is 0.182. The maximum Gasteiger partial charge on any atom is 0.240 e. The van der Waals surface area contributed by atoms with E-state index in [9.17, 15) is 0 Å². The summed E-state index contributed by atoms with van der Waals surface area (Å²) in [5.74, 6) is 0. The molecule has 0 amide bonds. The van der Waals surface area contributed by atoms with Crippen molar-refractivity contribution in [3.05, 3.63) is 96.6 Å². The summed E-state index contributed by atoms with van der Waals surface area (Å²) in [6.07, 6.45) is 2.32. The summed E-state index contributed by atoms with van der Waals surface area (Å²) in [4.78, 5) is 0. The maximum absolute atomic E-state index is 6.79. The van der Waals surface area contributed by atoms with Gasteiger partial charge in [0, 0.05) is 0 Å². The fourth-order valence-corrected chi connectivity index (χ4v) is 5.48. The Morgan fingerprint density at radius 2 is 1.17 bits per heavy atom. The van der Waals surface area contributed by atoms with Crippen molar-refractivity contribution in [3.8, 4) is 0 Å². The molecule has 0 spiro atoms. The number of hydrogen-bond donors (Lipinski definition) is 0. The van der Waals surface area contributed by atoms with Crippen LogP contribution >= 0.6 is 0 Å². The van der Waals surface area contributed by atoms with Gasteiger partial charge in [-0.3, -0.25) is 0 Å². The van der Waals surface area contributed by atoms with Crippen molar-refractivity contribution in [3.63, 3.8) is 0 Å². The zero-order valence-electron chi connectivity index (χ0n) is 14.1. The van der Waals surface area contributed by atoms with Gasteiger partial charge >= 0.3 is 0 Å². The Morgan fingerprint density at radius 3 is 1.62 bits per heavy atom. The second kappa shape index (κ2) is 8.62. The molecule has 1 nitrogen and oxygen atoms in total. The molecule has 0 saturated carbocycles. The second-order valence-corrected chi connectivity index (χ2v) is 8.39. The van der Waals surface area contributed by atoms with Gasteiger partial charge in [-0.2, -0.15) is 0 Å². The van der Waals surface area contributed by atoms with Crippen LogP contribution in [-0.2, 0) is 4.43 Å². The van der Waals surface area contributed by atoms with Crippen LogP contribution < -0.4 is 10.4 Å². The van der Waals surface area contributed by atoms with Gasteiger partial charge in [0.2, 0.25) is 9.04 Å². The first-order chi connectivity index (χ1) is 11.9. The van der Waals surface area contributed by atoms with Crippen LogP contribution in [0, 0.1) is 0 Å². The van der Waals surface area contributed by atoms with Gasteiger partial charge in [0.15, 0.2) is 0 Å². The minimum atomic E-state index is -1.71. The van der Waals surface area contributed by atoms with Crippen molar-refractivity contribution in [1.82, 2.24) is 0 Å². The van der Waals surface area contributed by atoms with Gasteiger partial charge in [0.05, 0.1) is 6.10 Å². The minimum Gasteiger partial charge on any atom is -0.404 e. The van der Waals surface area contributed by atoms with Gasteiger partial charge in [-0.05, 0) is 22.4 Å². The first-order valence-electron chi connectivity index (χ1n) is 8.68. The zero-order valence-corrected chi connectivity index (χ0v) is 15.3. The van der Waals surface area contributed by atoms with E-state index < -0.39 is 9.04 Å². The topological polar surface area (TPSA) is 9.23 Å². The Hall–Kier alpha value is -2.16. The summed E-state index contributed by atoms with van der Waals surface area (Å²) < 4.78 is 6.79. The summed E-state index contributed by atoms with van der Waals surface area (Å²) in [5.41, 5.74) is 1.28. The lowest BCUT2D eigenvalue weighted by atomic mass is 10.1. The van der Waals surface area contributed by atoms with Gasteiger partial charge in [-0.1, -0.05) is 104 Å². The Morgan fingerprint density at radius 1 is 0.708 bits per heavy atom. The molecule has 3 aromatic carbocycles. The molecule has 0 bridgehead atoms. The summed E-state index contributed by atoms with van der Waals surface area (Å²) in [6.45, 7) is 2.22. The van der Waals surface area contributed by atoms with Gasteiger partial charge in [0.1, 0.15) is 0 Å². The van der Waals surface area contributed by atoms with Crippen molar-refractivity contribution in [1.29, 1.82) is 0 Å². The Labute approximate surface area is 146 Å². The number of benzene rings is 3. The van der Waals surface area contributed by atoms with Crippen LogP contribution in [0.4, 0.5) is 0 Å². The smallest absolute Gasteiger partial charge is 0.240 e. The van der Waals surface area contributed by atoms with E-state index in [1.165, 1.54) is 15.9 Å². The van der Waals surface area contributed by atoms with Gasteiger partial charge in [0.25, 0.3) is 0 Å². The molecule has 1 unspecified atom stereocenters. The fourth-order valence-electron chi connectivity index (χ4n) is 3.01. The van der Waals surface area contributed by atoms with Gasteiger partial charge in [-0.15, -0.1) is 0 Å². The highest BCUT2D eigenvalue weighted by molar-refractivity contribution is 6.80. The predicted molar refractivity (Wildman–Crippen MR) is 104 cm³/mol. The monoisotopic (exact) mass is 332 g/mol. The van der Waals surface area contributed by atoms with Crippen molar-refractivity contribution >= 4 is 19.4 Å². The van der Waals surface area contributed by atoms with E-state index in [4.69, 9.17) is 4.43 Å². The predicted octanol–water partition coefficient (Wildman–Crippen LogP) is 4.08. The van der Waals surface area contributed by atoms with Crippen molar-refractivity contribution < 1.29 is 4.43 Å². The minimum absolute atomic E-state index is 0.160. The summed E-state index contributed by atoms with van der Waals surface area (Å²) in [6, 6.07) is 32.0. The third kappa shape index (κ3) is 4.22. The van der Waals surface area contributed by atoms with Gasteiger partial charge < -0.3 is 4.43 Å². The van der Waals surface area contributed by atoms with Crippen LogP contribution in [0.2, 0.25) is 0 Å². The summed E-state index contributed by atoms with van der Waals surface area (Å²) in [7, 11) is -1.71. The Bertz CT molecular complexity index is 673. The average Bonchev–Trinajstić information content (AvgIpc) is 2.67. The molecule has 1 atom stereocenters. The highest BCUT2D eigenvalue weighted by atomic mass is 28.3.